The summed E-state index contributed by atoms with van der Waals surface area (Å²) < 4.78 is 0. The number of unbranched alkanes of at least 4 members (excludes halogenated alkanes) is 2. The number of nitrogens with zero attached hydrogens (tertiary/aromatic N) is 2. The van der Waals surface area contributed by atoms with E-state index < -0.39 is 6.04 Å². The van der Waals surface area contributed by atoms with Gasteiger partial charge in [-0.05, 0) is 32.1 Å². The second-order valence-corrected chi connectivity index (χ2v) is 8.19. The summed E-state index contributed by atoms with van der Waals surface area (Å²) in [5.41, 5.74) is 0. The fourth-order valence-electron chi connectivity index (χ4n) is 3.54. The lowest BCUT2D eigenvalue weighted by Gasteiger charge is -2.41. The number of piperazine rings is 1. The normalized spacial score (nSPS) is 21.7. The minimum Gasteiger partial charge on any atom is -0.344 e. The fraction of sp³-hybridized carbons (Fsp3) is 0.850. The molecule has 26 heavy (non-hydrogen) atoms. The zero-order valence-electron chi connectivity index (χ0n) is 16.8. The fourth-order valence-corrected chi connectivity index (χ4v) is 3.54. The molecular weight excluding hydrogens is 330 g/mol. The maximum absolute atomic E-state index is 13.0. The molecule has 2 atom stereocenters. The predicted molar refractivity (Wildman–Crippen MR) is 101 cm³/mol. The molecule has 0 aromatic carbocycles. The highest BCUT2D eigenvalue weighted by Crippen LogP contribution is 2.32. The first-order chi connectivity index (χ1) is 12.3. The Morgan fingerprint density at radius 1 is 1.12 bits per heavy atom. The molecule has 6 nitrogen and oxygen atoms in total. The summed E-state index contributed by atoms with van der Waals surface area (Å²) >= 11 is 0. The summed E-state index contributed by atoms with van der Waals surface area (Å²) in [4.78, 5) is 41.2. The van der Waals surface area contributed by atoms with Gasteiger partial charge in [-0.1, -0.05) is 33.6 Å². The van der Waals surface area contributed by atoms with Gasteiger partial charge in [-0.15, -0.1) is 0 Å². The quantitative estimate of drug-likeness (QED) is 0.670. The van der Waals surface area contributed by atoms with Gasteiger partial charge in [0, 0.05) is 38.0 Å². The van der Waals surface area contributed by atoms with Crippen LogP contribution in [0, 0.1) is 11.8 Å². The standard InChI is InChI=1S/C20H35N3O3/c1-5-6-7-8-17(24)21-18(14(2)3)20(26)22-11-12-23(15(4)13-22)19(25)16-9-10-16/h14-16,18H,5-13H2,1-4H3,(H,21,24). The minimum absolute atomic E-state index is 0.0192. The molecule has 0 radical (unpaired) electrons. The Morgan fingerprint density at radius 3 is 2.35 bits per heavy atom. The SMILES string of the molecule is CCCCCC(=O)NC(C(=O)N1CCN(C(=O)C2CC2)C(C)C1)C(C)C. The van der Waals surface area contributed by atoms with E-state index in [0.29, 0.717) is 26.1 Å². The van der Waals surface area contributed by atoms with Gasteiger partial charge >= 0.3 is 0 Å². The van der Waals surface area contributed by atoms with Crippen molar-refractivity contribution >= 4 is 17.7 Å². The summed E-state index contributed by atoms with van der Waals surface area (Å²) in [5.74, 6) is 0.439. The van der Waals surface area contributed by atoms with E-state index in [2.05, 4.69) is 12.2 Å². The molecule has 1 heterocycles. The van der Waals surface area contributed by atoms with E-state index in [4.69, 9.17) is 0 Å². The third-order valence-electron chi connectivity index (χ3n) is 5.41. The number of hydrogen-bond donors (Lipinski definition) is 1. The summed E-state index contributed by atoms with van der Waals surface area (Å²) in [6.45, 7) is 9.73. The van der Waals surface area contributed by atoms with Crippen molar-refractivity contribution < 1.29 is 14.4 Å². The van der Waals surface area contributed by atoms with Crippen molar-refractivity contribution in [1.82, 2.24) is 15.1 Å². The first-order valence-electron chi connectivity index (χ1n) is 10.2. The van der Waals surface area contributed by atoms with Gasteiger partial charge in [-0.25, -0.2) is 0 Å². The van der Waals surface area contributed by atoms with E-state index in [-0.39, 0.29) is 35.6 Å². The molecule has 6 heteroatoms. The smallest absolute Gasteiger partial charge is 0.245 e. The lowest BCUT2D eigenvalue weighted by Crippen LogP contribution is -2.60. The first kappa shape index (κ1) is 20.7. The summed E-state index contributed by atoms with van der Waals surface area (Å²) in [6.07, 6.45) is 5.45. The number of carbonyl (C=O) groups is 3. The highest BCUT2D eigenvalue weighted by Gasteiger charge is 2.39. The Kier molecular flexibility index (Phi) is 7.47. The van der Waals surface area contributed by atoms with Crippen LogP contribution in [0.15, 0.2) is 0 Å². The molecule has 2 fully saturated rings. The molecule has 1 aliphatic heterocycles. The predicted octanol–water partition coefficient (Wildman–Crippen LogP) is 2.18. The van der Waals surface area contributed by atoms with E-state index in [0.717, 1.165) is 32.1 Å². The van der Waals surface area contributed by atoms with Crippen molar-refractivity contribution in [3.05, 3.63) is 0 Å². The molecule has 1 aliphatic carbocycles. The van der Waals surface area contributed by atoms with Crippen LogP contribution in [-0.4, -0.2) is 59.2 Å². The van der Waals surface area contributed by atoms with Gasteiger partial charge in [0.15, 0.2) is 0 Å². The van der Waals surface area contributed by atoms with Crippen molar-refractivity contribution in [3.8, 4) is 0 Å². The molecule has 0 aromatic rings. The molecule has 0 spiro atoms. The molecule has 0 bridgehead atoms. The van der Waals surface area contributed by atoms with Crippen LogP contribution >= 0.6 is 0 Å². The largest absolute Gasteiger partial charge is 0.344 e. The van der Waals surface area contributed by atoms with Crippen LogP contribution in [-0.2, 0) is 14.4 Å². The molecule has 0 aromatic heterocycles. The number of nitrogens with one attached hydrogen (secondary N) is 1. The third kappa shape index (κ3) is 5.45. The molecule has 148 valence electrons. The van der Waals surface area contributed by atoms with Crippen LogP contribution in [0.2, 0.25) is 0 Å². The number of amides is 3. The number of rotatable bonds is 8. The van der Waals surface area contributed by atoms with Gasteiger partial charge in [0.05, 0.1) is 0 Å². The highest BCUT2D eigenvalue weighted by atomic mass is 16.2. The molecule has 1 saturated heterocycles. The van der Waals surface area contributed by atoms with Gasteiger partial charge < -0.3 is 15.1 Å². The molecule has 3 amide bonds. The number of hydrogen-bond acceptors (Lipinski definition) is 3. The molecule has 1 saturated carbocycles. The van der Waals surface area contributed by atoms with Crippen molar-refractivity contribution in [2.24, 2.45) is 11.8 Å². The zero-order chi connectivity index (χ0) is 19.3. The van der Waals surface area contributed by atoms with Crippen molar-refractivity contribution in [1.29, 1.82) is 0 Å². The van der Waals surface area contributed by atoms with Crippen LogP contribution in [0.4, 0.5) is 0 Å². The van der Waals surface area contributed by atoms with Crippen LogP contribution in [0.1, 0.15) is 66.2 Å². The second-order valence-electron chi connectivity index (χ2n) is 8.19. The van der Waals surface area contributed by atoms with Crippen molar-refractivity contribution in [2.45, 2.75) is 78.3 Å². The van der Waals surface area contributed by atoms with Gasteiger partial charge in [0.2, 0.25) is 17.7 Å². The van der Waals surface area contributed by atoms with Gasteiger partial charge in [0.25, 0.3) is 0 Å². The summed E-state index contributed by atoms with van der Waals surface area (Å²) in [6, 6.07) is -0.448. The van der Waals surface area contributed by atoms with E-state index in [1.54, 1.807) is 0 Å². The average Bonchev–Trinajstić information content (AvgIpc) is 3.43. The maximum atomic E-state index is 13.0. The monoisotopic (exact) mass is 365 g/mol. The Morgan fingerprint density at radius 2 is 1.81 bits per heavy atom. The molecule has 2 unspecified atom stereocenters. The van der Waals surface area contributed by atoms with E-state index in [9.17, 15) is 14.4 Å². The van der Waals surface area contributed by atoms with E-state index >= 15 is 0 Å². The Labute approximate surface area is 157 Å². The molecular formula is C20H35N3O3. The summed E-state index contributed by atoms with van der Waals surface area (Å²) in [5, 5.41) is 2.94. The van der Waals surface area contributed by atoms with Crippen LogP contribution in [0.5, 0.6) is 0 Å². The van der Waals surface area contributed by atoms with Gasteiger partial charge in [-0.2, -0.15) is 0 Å². The van der Waals surface area contributed by atoms with Crippen LogP contribution in [0.3, 0.4) is 0 Å². The molecule has 1 N–H and O–H groups in total. The van der Waals surface area contributed by atoms with Crippen LogP contribution < -0.4 is 5.32 Å². The first-order valence-corrected chi connectivity index (χ1v) is 10.2. The topological polar surface area (TPSA) is 69.7 Å². The Hall–Kier alpha value is -1.59. The molecule has 2 rings (SSSR count). The van der Waals surface area contributed by atoms with Gasteiger partial charge in [-0.3, -0.25) is 14.4 Å². The van der Waals surface area contributed by atoms with E-state index in [1.807, 2.05) is 30.6 Å². The zero-order valence-corrected chi connectivity index (χ0v) is 16.8. The Bertz CT molecular complexity index is 516. The Balaban J connectivity index is 1.90. The second kappa shape index (κ2) is 9.38. The van der Waals surface area contributed by atoms with Crippen LogP contribution in [0.25, 0.3) is 0 Å². The highest BCUT2D eigenvalue weighted by molar-refractivity contribution is 5.88. The number of carbonyl (C=O) groups excluding carboxylic acids is 3. The molecule has 2 aliphatic rings. The van der Waals surface area contributed by atoms with Crippen molar-refractivity contribution in [2.75, 3.05) is 19.6 Å². The maximum Gasteiger partial charge on any atom is 0.245 e. The lowest BCUT2D eigenvalue weighted by molar-refractivity contribution is -0.145. The van der Waals surface area contributed by atoms with Crippen molar-refractivity contribution in [3.63, 3.8) is 0 Å². The average molecular weight is 366 g/mol. The van der Waals surface area contributed by atoms with Gasteiger partial charge in [0.1, 0.15) is 6.04 Å². The third-order valence-corrected chi connectivity index (χ3v) is 5.41. The summed E-state index contributed by atoms with van der Waals surface area (Å²) in [7, 11) is 0. The lowest BCUT2D eigenvalue weighted by atomic mass is 10.0. The van der Waals surface area contributed by atoms with E-state index in [1.165, 1.54) is 0 Å². The minimum atomic E-state index is -0.484.